The summed E-state index contributed by atoms with van der Waals surface area (Å²) >= 11 is 0. The van der Waals surface area contributed by atoms with E-state index in [9.17, 15) is 9.18 Å². The molecule has 1 N–H and O–H groups in total. The summed E-state index contributed by atoms with van der Waals surface area (Å²) in [5.41, 5.74) is 2.96. The molecule has 2 heterocycles. The monoisotopic (exact) mass is 357 g/mol. The van der Waals surface area contributed by atoms with Crippen molar-refractivity contribution in [2.45, 2.75) is 25.3 Å². The molecule has 1 aliphatic carbocycles. The Morgan fingerprint density at radius 1 is 1.23 bits per heavy atom. The van der Waals surface area contributed by atoms with Gasteiger partial charge in [0, 0.05) is 44.5 Å². The molecule has 6 nitrogen and oxygen atoms in total. The van der Waals surface area contributed by atoms with Crippen molar-refractivity contribution in [3.05, 3.63) is 47.5 Å². The van der Waals surface area contributed by atoms with Crippen LogP contribution in [-0.4, -0.2) is 46.9 Å². The third-order valence-corrected chi connectivity index (χ3v) is 5.43. The van der Waals surface area contributed by atoms with E-state index in [1.165, 1.54) is 11.8 Å². The van der Waals surface area contributed by atoms with E-state index in [4.69, 9.17) is 0 Å². The van der Waals surface area contributed by atoms with Crippen LogP contribution in [0.2, 0.25) is 0 Å². The van der Waals surface area contributed by atoms with Gasteiger partial charge in [-0.2, -0.15) is 5.10 Å². The number of urea groups is 1. The molecule has 0 saturated carbocycles. The fraction of sp³-hybridized carbons (Fsp3) is 0.474. The van der Waals surface area contributed by atoms with Crippen molar-refractivity contribution in [1.29, 1.82) is 0 Å². The normalized spacial score (nSPS) is 20.0. The maximum Gasteiger partial charge on any atom is 0.318 e. The first-order valence-corrected chi connectivity index (χ1v) is 9.19. The van der Waals surface area contributed by atoms with Crippen LogP contribution in [0.5, 0.6) is 0 Å². The molecular weight excluding hydrogens is 333 g/mol. The predicted octanol–water partition coefficient (Wildman–Crippen LogP) is 2.47. The summed E-state index contributed by atoms with van der Waals surface area (Å²) in [4.78, 5) is 16.5. The first-order valence-electron chi connectivity index (χ1n) is 9.19. The van der Waals surface area contributed by atoms with E-state index < -0.39 is 0 Å². The number of piperazine rings is 1. The molecule has 138 valence electrons. The number of rotatable bonds is 2. The van der Waals surface area contributed by atoms with Crippen LogP contribution in [0.3, 0.4) is 0 Å². The fourth-order valence-corrected chi connectivity index (χ4v) is 3.96. The lowest BCUT2D eigenvalue weighted by molar-refractivity contribution is 0.189. The number of aryl methyl sites for hydroxylation is 1. The number of hydrogen-bond acceptors (Lipinski definition) is 3. The van der Waals surface area contributed by atoms with E-state index in [0.29, 0.717) is 31.9 Å². The fourth-order valence-electron chi connectivity index (χ4n) is 3.96. The number of anilines is 1. The Morgan fingerprint density at radius 3 is 2.77 bits per heavy atom. The third-order valence-electron chi connectivity index (χ3n) is 5.43. The van der Waals surface area contributed by atoms with E-state index in [-0.39, 0.29) is 17.9 Å². The molecule has 2 aromatic rings. The molecule has 1 unspecified atom stereocenters. The largest absolute Gasteiger partial charge is 0.366 e. The highest BCUT2D eigenvalue weighted by Gasteiger charge is 2.28. The Bertz CT molecular complexity index is 797. The summed E-state index contributed by atoms with van der Waals surface area (Å²) in [6.45, 7) is 2.45. The number of fused-ring (bicyclic) bond motifs is 1. The predicted molar refractivity (Wildman–Crippen MR) is 97.6 cm³/mol. The second-order valence-electron chi connectivity index (χ2n) is 6.99. The Morgan fingerprint density at radius 2 is 2.00 bits per heavy atom. The number of nitrogens with one attached hydrogen (secondary N) is 1. The number of carbonyl (C=O) groups excluding carboxylic acids is 1. The van der Waals surface area contributed by atoms with Gasteiger partial charge in [-0.3, -0.25) is 4.68 Å². The molecule has 1 aromatic carbocycles. The topological polar surface area (TPSA) is 53.4 Å². The van der Waals surface area contributed by atoms with Gasteiger partial charge in [0.05, 0.1) is 17.9 Å². The summed E-state index contributed by atoms with van der Waals surface area (Å²) in [5, 5.41) is 7.49. The number of nitrogens with zero attached hydrogens (tertiary/aromatic N) is 4. The minimum Gasteiger partial charge on any atom is -0.366 e. The number of para-hydroxylation sites is 1. The molecule has 0 spiro atoms. The highest BCUT2D eigenvalue weighted by Crippen LogP contribution is 2.29. The van der Waals surface area contributed by atoms with Gasteiger partial charge in [-0.1, -0.05) is 12.1 Å². The van der Waals surface area contributed by atoms with Crippen LogP contribution in [0.1, 0.15) is 30.1 Å². The van der Waals surface area contributed by atoms with E-state index in [1.54, 1.807) is 12.1 Å². The van der Waals surface area contributed by atoms with Crippen molar-refractivity contribution in [1.82, 2.24) is 20.0 Å². The third kappa shape index (κ3) is 3.13. The Hall–Kier alpha value is -2.57. The van der Waals surface area contributed by atoms with Crippen LogP contribution in [0.15, 0.2) is 30.5 Å². The molecule has 4 rings (SSSR count). The van der Waals surface area contributed by atoms with Gasteiger partial charge in [-0.15, -0.1) is 0 Å². The number of hydrogen-bond donors (Lipinski definition) is 1. The van der Waals surface area contributed by atoms with Crippen LogP contribution in [-0.2, 0) is 13.5 Å². The number of benzene rings is 1. The molecule has 2 aliphatic rings. The molecule has 7 heteroatoms. The van der Waals surface area contributed by atoms with Crippen LogP contribution >= 0.6 is 0 Å². The molecule has 1 saturated heterocycles. The van der Waals surface area contributed by atoms with Crippen LogP contribution in [0, 0.1) is 5.82 Å². The van der Waals surface area contributed by atoms with Gasteiger partial charge < -0.3 is 15.1 Å². The second kappa shape index (κ2) is 6.97. The zero-order valence-corrected chi connectivity index (χ0v) is 15.0. The van der Waals surface area contributed by atoms with Crippen LogP contribution in [0.4, 0.5) is 14.9 Å². The summed E-state index contributed by atoms with van der Waals surface area (Å²) in [7, 11) is 1.95. The highest BCUT2D eigenvalue weighted by molar-refractivity contribution is 5.75. The lowest BCUT2D eigenvalue weighted by Gasteiger charge is -2.37. The van der Waals surface area contributed by atoms with Gasteiger partial charge >= 0.3 is 6.03 Å². The van der Waals surface area contributed by atoms with Crippen LogP contribution in [0.25, 0.3) is 0 Å². The maximum absolute atomic E-state index is 13.9. The molecule has 26 heavy (non-hydrogen) atoms. The van der Waals surface area contributed by atoms with Gasteiger partial charge in [-0.25, -0.2) is 9.18 Å². The van der Waals surface area contributed by atoms with E-state index in [1.807, 2.05) is 33.8 Å². The molecule has 0 bridgehead atoms. The lowest BCUT2D eigenvalue weighted by atomic mass is 9.93. The Kier molecular flexibility index (Phi) is 4.53. The summed E-state index contributed by atoms with van der Waals surface area (Å²) in [5.74, 6) is -0.211. The number of halogens is 1. The van der Waals surface area contributed by atoms with E-state index >= 15 is 0 Å². The van der Waals surface area contributed by atoms with Gasteiger partial charge in [0.15, 0.2) is 0 Å². The Balaban J connectivity index is 1.37. The zero-order valence-electron chi connectivity index (χ0n) is 15.0. The van der Waals surface area contributed by atoms with Gasteiger partial charge in [0.1, 0.15) is 5.82 Å². The minimum absolute atomic E-state index is 0.0320. The lowest BCUT2D eigenvalue weighted by Crippen LogP contribution is -2.52. The van der Waals surface area contributed by atoms with Crippen molar-refractivity contribution in [3.8, 4) is 0 Å². The van der Waals surface area contributed by atoms with Gasteiger partial charge in [-0.05, 0) is 31.4 Å². The first kappa shape index (κ1) is 16.9. The molecule has 2 amide bonds. The Labute approximate surface area is 152 Å². The number of amides is 2. The van der Waals surface area contributed by atoms with Crippen molar-refractivity contribution in [2.75, 3.05) is 31.1 Å². The average molecular weight is 357 g/mol. The second-order valence-corrected chi connectivity index (χ2v) is 6.99. The summed E-state index contributed by atoms with van der Waals surface area (Å²) in [6, 6.07) is 6.79. The van der Waals surface area contributed by atoms with Crippen molar-refractivity contribution in [2.24, 2.45) is 7.05 Å². The molecule has 1 aromatic heterocycles. The molecular formula is C19H24FN5O. The summed E-state index contributed by atoms with van der Waals surface area (Å²) in [6.07, 6.45) is 4.88. The quantitative estimate of drug-likeness (QED) is 0.898. The van der Waals surface area contributed by atoms with E-state index in [0.717, 1.165) is 24.8 Å². The number of carbonyl (C=O) groups is 1. The number of aromatic nitrogens is 2. The molecule has 1 fully saturated rings. The average Bonchev–Trinajstić information content (AvgIpc) is 3.04. The first-order chi connectivity index (χ1) is 12.6. The highest BCUT2D eigenvalue weighted by atomic mass is 19.1. The van der Waals surface area contributed by atoms with Crippen molar-refractivity contribution in [3.63, 3.8) is 0 Å². The molecule has 0 radical (unpaired) electrons. The van der Waals surface area contributed by atoms with Gasteiger partial charge in [0.25, 0.3) is 0 Å². The van der Waals surface area contributed by atoms with Crippen molar-refractivity contribution < 1.29 is 9.18 Å². The smallest absolute Gasteiger partial charge is 0.318 e. The maximum atomic E-state index is 13.9. The zero-order chi connectivity index (χ0) is 18.1. The van der Waals surface area contributed by atoms with Gasteiger partial charge in [0.2, 0.25) is 0 Å². The molecule has 1 atom stereocenters. The van der Waals surface area contributed by atoms with Crippen molar-refractivity contribution >= 4 is 11.7 Å². The standard InChI is InChI=1S/C19H24FN5O/c1-23-17-8-4-6-16(14(17)13-21-23)22-19(26)25-11-9-24(10-12-25)18-7-3-2-5-15(18)20/h2-3,5,7,13,16H,4,6,8-12H2,1H3,(H,22,26). The summed E-state index contributed by atoms with van der Waals surface area (Å²) < 4.78 is 15.8. The van der Waals surface area contributed by atoms with Crippen LogP contribution < -0.4 is 10.2 Å². The minimum atomic E-state index is -0.211. The SMILES string of the molecule is Cn1ncc2c1CCCC2NC(=O)N1CCN(c2ccccc2F)CC1. The van der Waals surface area contributed by atoms with E-state index in [2.05, 4.69) is 10.4 Å². The molecule has 1 aliphatic heterocycles.